The number of pyridine rings is 2. The Morgan fingerprint density at radius 2 is 2.32 bits per heavy atom. The Balaban J connectivity index is 1.97. The monoisotopic (exact) mass is 320 g/mol. The van der Waals surface area contributed by atoms with Crippen LogP contribution in [0.1, 0.15) is 13.3 Å². The number of halogens is 1. The van der Waals surface area contributed by atoms with Crippen LogP contribution in [0, 0.1) is 5.92 Å². The number of fused-ring (bicyclic) bond motifs is 1. The van der Waals surface area contributed by atoms with Crippen molar-refractivity contribution in [2.24, 2.45) is 11.7 Å². The number of aromatic nitrogens is 2. The van der Waals surface area contributed by atoms with E-state index in [4.69, 9.17) is 5.73 Å². The first-order chi connectivity index (χ1) is 9.15. The van der Waals surface area contributed by atoms with Gasteiger partial charge < -0.3 is 10.6 Å². The van der Waals surface area contributed by atoms with E-state index >= 15 is 0 Å². The molecule has 0 saturated carbocycles. The molecule has 0 bridgehead atoms. The van der Waals surface area contributed by atoms with E-state index in [0.29, 0.717) is 5.92 Å². The molecule has 1 aliphatic heterocycles. The molecule has 2 aromatic rings. The van der Waals surface area contributed by atoms with E-state index in [1.165, 1.54) is 5.69 Å². The highest BCUT2D eigenvalue weighted by atomic mass is 79.9. The van der Waals surface area contributed by atoms with Gasteiger partial charge in [-0.05, 0) is 47.3 Å². The lowest BCUT2D eigenvalue weighted by molar-refractivity contribution is 0.488. The van der Waals surface area contributed by atoms with Crippen LogP contribution < -0.4 is 10.6 Å². The van der Waals surface area contributed by atoms with Crippen LogP contribution in [-0.2, 0) is 0 Å². The zero-order valence-electron chi connectivity index (χ0n) is 10.9. The van der Waals surface area contributed by atoms with Crippen LogP contribution in [0.15, 0.2) is 29.0 Å². The number of hydrogen-bond donors (Lipinski definition) is 1. The lowest BCUT2D eigenvalue weighted by Gasteiger charge is -2.21. The molecule has 0 spiro atoms. The predicted octanol–water partition coefficient (Wildman–Crippen LogP) is 2.57. The van der Waals surface area contributed by atoms with Crippen molar-refractivity contribution in [3.63, 3.8) is 0 Å². The Morgan fingerprint density at radius 3 is 3.05 bits per heavy atom. The molecular formula is C14H17BrN4. The van der Waals surface area contributed by atoms with Crippen molar-refractivity contribution in [2.75, 3.05) is 18.0 Å². The molecule has 0 aromatic carbocycles. The molecule has 3 heterocycles. The summed E-state index contributed by atoms with van der Waals surface area (Å²) in [5, 5.41) is 0. The molecule has 19 heavy (non-hydrogen) atoms. The topological polar surface area (TPSA) is 55.0 Å². The molecule has 2 atom stereocenters. The SMILES string of the molecule is CC(N)C1CCN(c2ccnc3cc(Br)cnc23)C1. The molecule has 100 valence electrons. The first-order valence-corrected chi connectivity index (χ1v) is 7.35. The molecule has 1 aliphatic rings. The molecule has 2 aromatic heterocycles. The normalized spacial score (nSPS) is 21.0. The maximum absolute atomic E-state index is 6.01. The molecule has 1 saturated heterocycles. The summed E-state index contributed by atoms with van der Waals surface area (Å²) >= 11 is 3.44. The van der Waals surface area contributed by atoms with Crippen LogP contribution in [0.2, 0.25) is 0 Å². The van der Waals surface area contributed by atoms with Gasteiger partial charge in [0.2, 0.25) is 0 Å². The Morgan fingerprint density at radius 1 is 1.47 bits per heavy atom. The van der Waals surface area contributed by atoms with E-state index in [9.17, 15) is 0 Å². The lowest BCUT2D eigenvalue weighted by Crippen LogP contribution is -2.29. The minimum Gasteiger partial charge on any atom is -0.369 e. The van der Waals surface area contributed by atoms with Crippen LogP contribution in [0.4, 0.5) is 5.69 Å². The van der Waals surface area contributed by atoms with Crippen molar-refractivity contribution in [1.82, 2.24) is 9.97 Å². The first-order valence-electron chi connectivity index (χ1n) is 6.56. The number of rotatable bonds is 2. The molecule has 0 amide bonds. The quantitative estimate of drug-likeness (QED) is 0.924. The van der Waals surface area contributed by atoms with Crippen molar-refractivity contribution in [3.8, 4) is 0 Å². The number of hydrogen-bond acceptors (Lipinski definition) is 4. The van der Waals surface area contributed by atoms with Crippen LogP contribution in [0.3, 0.4) is 0 Å². The van der Waals surface area contributed by atoms with E-state index in [1.807, 2.05) is 24.5 Å². The minimum atomic E-state index is 0.250. The summed E-state index contributed by atoms with van der Waals surface area (Å²) in [5.41, 5.74) is 9.07. The van der Waals surface area contributed by atoms with Gasteiger partial charge in [-0.15, -0.1) is 0 Å². The average molecular weight is 321 g/mol. The molecule has 4 nitrogen and oxygen atoms in total. The smallest absolute Gasteiger partial charge is 0.112 e. The van der Waals surface area contributed by atoms with Gasteiger partial charge in [-0.3, -0.25) is 9.97 Å². The summed E-state index contributed by atoms with van der Waals surface area (Å²) in [7, 11) is 0. The maximum atomic E-state index is 6.01. The van der Waals surface area contributed by atoms with Gasteiger partial charge in [-0.25, -0.2) is 0 Å². The van der Waals surface area contributed by atoms with Crippen molar-refractivity contribution < 1.29 is 0 Å². The Labute approximate surface area is 121 Å². The zero-order chi connectivity index (χ0) is 13.4. The maximum Gasteiger partial charge on any atom is 0.112 e. The molecule has 5 heteroatoms. The van der Waals surface area contributed by atoms with Gasteiger partial charge in [0, 0.05) is 36.0 Å². The second-order valence-corrected chi connectivity index (χ2v) is 6.12. The van der Waals surface area contributed by atoms with Crippen molar-refractivity contribution in [3.05, 3.63) is 29.0 Å². The predicted molar refractivity (Wildman–Crippen MR) is 81.2 cm³/mol. The summed E-state index contributed by atoms with van der Waals surface area (Å²) in [6, 6.07) is 4.30. The van der Waals surface area contributed by atoms with Crippen molar-refractivity contribution in [1.29, 1.82) is 0 Å². The van der Waals surface area contributed by atoms with E-state index in [-0.39, 0.29) is 6.04 Å². The molecule has 1 fully saturated rings. The molecule has 3 rings (SSSR count). The highest BCUT2D eigenvalue weighted by Gasteiger charge is 2.26. The van der Waals surface area contributed by atoms with Crippen LogP contribution in [0.5, 0.6) is 0 Å². The Hall–Kier alpha value is -1.20. The third kappa shape index (κ3) is 2.44. The van der Waals surface area contributed by atoms with Gasteiger partial charge in [0.25, 0.3) is 0 Å². The number of nitrogens with two attached hydrogens (primary N) is 1. The summed E-state index contributed by atoms with van der Waals surface area (Å²) in [4.78, 5) is 11.3. The van der Waals surface area contributed by atoms with E-state index in [1.54, 1.807) is 0 Å². The van der Waals surface area contributed by atoms with Crippen LogP contribution >= 0.6 is 15.9 Å². The zero-order valence-corrected chi connectivity index (χ0v) is 12.5. The standard InChI is InChI=1S/C14H17BrN4/c1-9(16)10-3-5-19(8-10)13-2-4-17-12-6-11(15)7-18-14(12)13/h2,4,6-7,9-10H,3,5,8,16H2,1H3. The summed E-state index contributed by atoms with van der Waals surface area (Å²) in [6.07, 6.45) is 4.83. The van der Waals surface area contributed by atoms with Gasteiger partial charge in [0.15, 0.2) is 0 Å². The van der Waals surface area contributed by atoms with Gasteiger partial charge >= 0.3 is 0 Å². The van der Waals surface area contributed by atoms with Gasteiger partial charge in [-0.2, -0.15) is 0 Å². The average Bonchev–Trinajstić information content (AvgIpc) is 2.87. The van der Waals surface area contributed by atoms with E-state index in [0.717, 1.165) is 35.0 Å². The largest absolute Gasteiger partial charge is 0.369 e. The molecule has 2 N–H and O–H groups in total. The van der Waals surface area contributed by atoms with E-state index in [2.05, 4.69) is 37.7 Å². The lowest BCUT2D eigenvalue weighted by atomic mass is 10.0. The van der Waals surface area contributed by atoms with Crippen LogP contribution in [0.25, 0.3) is 11.0 Å². The fourth-order valence-corrected chi connectivity index (χ4v) is 3.00. The van der Waals surface area contributed by atoms with Crippen LogP contribution in [-0.4, -0.2) is 29.1 Å². The van der Waals surface area contributed by atoms with Crippen molar-refractivity contribution >= 4 is 32.7 Å². The summed E-state index contributed by atoms with van der Waals surface area (Å²) in [6.45, 7) is 4.14. The van der Waals surface area contributed by atoms with Crippen molar-refractivity contribution in [2.45, 2.75) is 19.4 Å². The van der Waals surface area contributed by atoms with E-state index < -0.39 is 0 Å². The van der Waals surface area contributed by atoms with Gasteiger partial charge in [-0.1, -0.05) is 0 Å². The number of anilines is 1. The van der Waals surface area contributed by atoms with Gasteiger partial charge in [0.1, 0.15) is 5.52 Å². The summed E-state index contributed by atoms with van der Waals surface area (Å²) in [5.74, 6) is 0.568. The fourth-order valence-electron chi connectivity index (χ4n) is 2.68. The Kier molecular flexibility index (Phi) is 3.41. The molecule has 0 radical (unpaired) electrons. The molecule has 0 aliphatic carbocycles. The second-order valence-electron chi connectivity index (χ2n) is 5.21. The third-order valence-corrected chi connectivity index (χ3v) is 4.27. The number of nitrogens with zero attached hydrogens (tertiary/aromatic N) is 3. The minimum absolute atomic E-state index is 0.250. The third-order valence-electron chi connectivity index (χ3n) is 3.83. The molecular weight excluding hydrogens is 304 g/mol. The Bertz CT molecular complexity index is 599. The second kappa shape index (κ2) is 5.06. The first kappa shape index (κ1) is 12.8. The highest BCUT2D eigenvalue weighted by Crippen LogP contribution is 2.30. The van der Waals surface area contributed by atoms with Gasteiger partial charge in [0.05, 0.1) is 11.2 Å². The molecule has 2 unspecified atom stereocenters. The summed E-state index contributed by atoms with van der Waals surface area (Å²) < 4.78 is 0.958. The fraction of sp³-hybridized carbons (Fsp3) is 0.429. The highest BCUT2D eigenvalue weighted by molar-refractivity contribution is 9.10.